The fourth-order valence-corrected chi connectivity index (χ4v) is 3.15. The van der Waals surface area contributed by atoms with Gasteiger partial charge >= 0.3 is 0 Å². The molecule has 1 saturated heterocycles. The molecule has 0 amide bonds. The Morgan fingerprint density at radius 1 is 1.39 bits per heavy atom. The molecule has 1 aliphatic rings. The van der Waals surface area contributed by atoms with Crippen LogP contribution in [0.3, 0.4) is 0 Å². The van der Waals surface area contributed by atoms with Gasteiger partial charge in [-0.15, -0.1) is 0 Å². The second-order valence-corrected chi connectivity index (χ2v) is 6.06. The van der Waals surface area contributed by atoms with Crippen molar-refractivity contribution in [2.75, 3.05) is 13.2 Å². The number of aromatic amines is 1. The topological polar surface area (TPSA) is 29.9 Å². The molecule has 0 unspecified atom stereocenters. The average molecular weight is 327 g/mol. The monoisotopic (exact) mass is 326 g/mol. The van der Waals surface area contributed by atoms with Gasteiger partial charge in [-0.25, -0.2) is 0 Å². The quantitative estimate of drug-likeness (QED) is 0.848. The van der Waals surface area contributed by atoms with Crippen LogP contribution in [-0.4, -0.2) is 22.8 Å². The number of fused-ring (bicyclic) bond motifs is 1. The average Bonchev–Trinajstić information content (AvgIpc) is 2.66. The summed E-state index contributed by atoms with van der Waals surface area (Å²) in [5.41, 5.74) is 2.29. The molecule has 0 spiro atoms. The van der Waals surface area contributed by atoms with Gasteiger partial charge in [0.15, 0.2) is 4.77 Å². The van der Waals surface area contributed by atoms with Gasteiger partial charge in [0.25, 0.3) is 0 Å². The highest BCUT2D eigenvalue weighted by molar-refractivity contribution is 9.10. The highest BCUT2D eigenvalue weighted by Crippen LogP contribution is 2.23. The van der Waals surface area contributed by atoms with Crippen LogP contribution >= 0.6 is 28.1 Å². The van der Waals surface area contributed by atoms with Gasteiger partial charge in [-0.05, 0) is 49.2 Å². The van der Waals surface area contributed by atoms with E-state index in [0.717, 1.165) is 47.4 Å². The highest BCUT2D eigenvalue weighted by Gasteiger charge is 2.16. The number of H-pyrrole nitrogens is 1. The van der Waals surface area contributed by atoms with E-state index >= 15 is 0 Å². The first-order chi connectivity index (χ1) is 8.74. The van der Waals surface area contributed by atoms with Gasteiger partial charge in [0.05, 0.1) is 11.0 Å². The number of rotatable bonds is 2. The molecule has 3 nitrogen and oxygen atoms in total. The lowest BCUT2D eigenvalue weighted by Gasteiger charge is -2.22. The van der Waals surface area contributed by atoms with E-state index < -0.39 is 0 Å². The van der Waals surface area contributed by atoms with Gasteiger partial charge in [-0.3, -0.25) is 0 Å². The Balaban J connectivity index is 1.95. The molecule has 1 N–H and O–H groups in total. The van der Waals surface area contributed by atoms with Crippen LogP contribution < -0.4 is 0 Å². The van der Waals surface area contributed by atoms with Gasteiger partial charge in [-0.2, -0.15) is 0 Å². The molecular formula is C13H15BrN2OS. The number of imidazole rings is 1. The number of ether oxygens (including phenoxy) is 1. The molecular weight excluding hydrogens is 312 g/mol. The predicted octanol–water partition coefficient (Wildman–Crippen LogP) is 3.89. The van der Waals surface area contributed by atoms with E-state index in [1.54, 1.807) is 0 Å². The minimum absolute atomic E-state index is 0.674. The summed E-state index contributed by atoms with van der Waals surface area (Å²) in [6, 6.07) is 6.25. The Bertz CT molecular complexity index is 613. The molecule has 2 aromatic rings. The molecule has 1 fully saturated rings. The van der Waals surface area contributed by atoms with E-state index in [4.69, 9.17) is 17.0 Å². The molecule has 18 heavy (non-hydrogen) atoms. The van der Waals surface area contributed by atoms with Gasteiger partial charge in [0.2, 0.25) is 0 Å². The van der Waals surface area contributed by atoms with E-state index in [9.17, 15) is 0 Å². The van der Waals surface area contributed by atoms with Crippen molar-refractivity contribution in [2.45, 2.75) is 19.4 Å². The second-order valence-electron chi connectivity index (χ2n) is 4.76. The molecule has 5 heteroatoms. The van der Waals surface area contributed by atoms with E-state index in [-0.39, 0.29) is 0 Å². The van der Waals surface area contributed by atoms with Crippen molar-refractivity contribution in [3.63, 3.8) is 0 Å². The van der Waals surface area contributed by atoms with Crippen molar-refractivity contribution in [3.8, 4) is 0 Å². The summed E-state index contributed by atoms with van der Waals surface area (Å²) in [7, 11) is 0. The van der Waals surface area contributed by atoms with Crippen LogP contribution in [0.4, 0.5) is 0 Å². The molecule has 3 rings (SSSR count). The van der Waals surface area contributed by atoms with E-state index in [2.05, 4.69) is 43.7 Å². The Kier molecular flexibility index (Phi) is 3.54. The first kappa shape index (κ1) is 12.4. The maximum absolute atomic E-state index is 5.43. The first-order valence-electron chi connectivity index (χ1n) is 6.20. The standard InChI is InChI=1S/C13H15BrN2OS/c14-10-1-2-12-11(7-10)15-13(18)16(12)8-9-3-5-17-6-4-9/h1-2,7,9H,3-6,8H2,(H,15,18). The maximum atomic E-state index is 5.43. The molecule has 96 valence electrons. The van der Waals surface area contributed by atoms with Crippen LogP contribution in [0.25, 0.3) is 11.0 Å². The molecule has 1 aromatic heterocycles. The van der Waals surface area contributed by atoms with Crippen LogP contribution in [0, 0.1) is 10.7 Å². The number of halogens is 1. The number of nitrogens with one attached hydrogen (secondary N) is 1. The molecule has 0 aliphatic carbocycles. The molecule has 0 radical (unpaired) electrons. The normalized spacial score (nSPS) is 17.4. The lowest BCUT2D eigenvalue weighted by molar-refractivity contribution is 0.0615. The number of hydrogen-bond donors (Lipinski definition) is 1. The fraction of sp³-hybridized carbons (Fsp3) is 0.462. The number of benzene rings is 1. The Morgan fingerprint density at radius 2 is 2.17 bits per heavy atom. The molecule has 0 bridgehead atoms. The summed E-state index contributed by atoms with van der Waals surface area (Å²) in [6.45, 7) is 2.75. The van der Waals surface area contributed by atoms with Crippen molar-refractivity contribution >= 4 is 39.2 Å². The van der Waals surface area contributed by atoms with Crippen molar-refractivity contribution in [1.82, 2.24) is 9.55 Å². The minimum atomic E-state index is 0.674. The first-order valence-corrected chi connectivity index (χ1v) is 7.40. The zero-order valence-electron chi connectivity index (χ0n) is 9.99. The van der Waals surface area contributed by atoms with Crippen molar-refractivity contribution in [3.05, 3.63) is 27.4 Å². The van der Waals surface area contributed by atoms with E-state index in [0.29, 0.717) is 5.92 Å². The van der Waals surface area contributed by atoms with Gasteiger partial charge in [0, 0.05) is 24.2 Å². The summed E-state index contributed by atoms with van der Waals surface area (Å²) in [5.74, 6) is 0.674. The number of aromatic nitrogens is 2. The van der Waals surface area contributed by atoms with Crippen molar-refractivity contribution < 1.29 is 4.74 Å². The number of nitrogens with zero attached hydrogens (tertiary/aromatic N) is 1. The predicted molar refractivity (Wildman–Crippen MR) is 78.4 cm³/mol. The number of hydrogen-bond acceptors (Lipinski definition) is 2. The lowest BCUT2D eigenvalue weighted by Crippen LogP contribution is -2.20. The summed E-state index contributed by atoms with van der Waals surface area (Å²) in [4.78, 5) is 3.27. The van der Waals surface area contributed by atoms with Crippen molar-refractivity contribution in [1.29, 1.82) is 0 Å². The molecule has 1 aromatic carbocycles. The molecule has 0 saturated carbocycles. The Morgan fingerprint density at radius 3 is 2.94 bits per heavy atom. The highest BCUT2D eigenvalue weighted by atomic mass is 79.9. The van der Waals surface area contributed by atoms with Gasteiger partial charge in [-0.1, -0.05) is 15.9 Å². The lowest BCUT2D eigenvalue weighted by atomic mass is 10.0. The maximum Gasteiger partial charge on any atom is 0.178 e. The third-order valence-electron chi connectivity index (χ3n) is 3.52. The van der Waals surface area contributed by atoms with Crippen LogP contribution in [0.2, 0.25) is 0 Å². The Hall–Kier alpha value is -0.650. The van der Waals surface area contributed by atoms with Crippen LogP contribution in [0.5, 0.6) is 0 Å². The van der Waals surface area contributed by atoms with Crippen LogP contribution in [0.1, 0.15) is 12.8 Å². The van der Waals surface area contributed by atoms with Crippen LogP contribution in [-0.2, 0) is 11.3 Å². The molecule has 0 atom stereocenters. The summed E-state index contributed by atoms with van der Waals surface area (Å²) >= 11 is 8.91. The van der Waals surface area contributed by atoms with Gasteiger partial charge in [0.1, 0.15) is 0 Å². The summed E-state index contributed by atoms with van der Waals surface area (Å²) in [6.07, 6.45) is 2.26. The summed E-state index contributed by atoms with van der Waals surface area (Å²) in [5, 5.41) is 0. The third-order valence-corrected chi connectivity index (χ3v) is 4.33. The molecule has 2 heterocycles. The fourth-order valence-electron chi connectivity index (χ4n) is 2.50. The Labute approximate surface area is 119 Å². The summed E-state index contributed by atoms with van der Waals surface area (Å²) < 4.78 is 9.51. The molecule has 1 aliphatic heterocycles. The van der Waals surface area contributed by atoms with Gasteiger partial charge < -0.3 is 14.3 Å². The van der Waals surface area contributed by atoms with Crippen LogP contribution in [0.15, 0.2) is 22.7 Å². The zero-order valence-corrected chi connectivity index (χ0v) is 12.4. The minimum Gasteiger partial charge on any atom is -0.381 e. The largest absolute Gasteiger partial charge is 0.381 e. The SMILES string of the molecule is S=c1[nH]c2cc(Br)ccc2n1CC1CCOCC1. The van der Waals surface area contributed by atoms with E-state index in [1.165, 1.54) is 5.52 Å². The van der Waals surface area contributed by atoms with E-state index in [1.807, 2.05) is 0 Å². The second kappa shape index (κ2) is 5.15. The third kappa shape index (κ3) is 2.39. The smallest absolute Gasteiger partial charge is 0.178 e. The van der Waals surface area contributed by atoms with Crippen molar-refractivity contribution in [2.24, 2.45) is 5.92 Å². The zero-order chi connectivity index (χ0) is 12.5.